The molecule has 3 heterocycles. The van der Waals surface area contributed by atoms with Crippen molar-refractivity contribution in [3.05, 3.63) is 53.9 Å². The minimum atomic E-state index is -0.104. The number of likely N-dealkylation sites (tertiary alicyclic amines) is 1. The topological polar surface area (TPSA) is 64.6 Å². The third kappa shape index (κ3) is 5.60. The summed E-state index contributed by atoms with van der Waals surface area (Å²) in [5, 5.41) is 3.15. The molecule has 2 aliphatic rings. The zero-order valence-electron chi connectivity index (χ0n) is 18.7. The SMILES string of the molecule is CN(C)CCNC(=O)[C@H]1CN(Cc2ccccc2)C[C@@H]1c1ccnc(N2CCCC2)n1. The van der Waals surface area contributed by atoms with E-state index in [4.69, 9.17) is 4.98 Å². The van der Waals surface area contributed by atoms with Crippen LogP contribution in [0.1, 0.15) is 30.0 Å². The van der Waals surface area contributed by atoms with E-state index in [0.29, 0.717) is 6.54 Å². The van der Waals surface area contributed by atoms with E-state index in [0.717, 1.165) is 50.9 Å². The summed E-state index contributed by atoms with van der Waals surface area (Å²) < 4.78 is 0. The predicted molar refractivity (Wildman–Crippen MR) is 123 cm³/mol. The van der Waals surface area contributed by atoms with Crippen LogP contribution in [0.3, 0.4) is 0 Å². The first-order valence-electron chi connectivity index (χ1n) is 11.4. The Kier molecular flexibility index (Phi) is 7.14. The Balaban J connectivity index is 1.51. The maximum absolute atomic E-state index is 13.1. The number of carbonyl (C=O) groups excluding carboxylic acids is 1. The van der Waals surface area contributed by atoms with Crippen molar-refractivity contribution in [2.45, 2.75) is 25.3 Å². The molecule has 31 heavy (non-hydrogen) atoms. The summed E-state index contributed by atoms with van der Waals surface area (Å²) in [6.45, 7) is 5.96. The average Bonchev–Trinajstić information content (AvgIpc) is 3.45. The molecule has 0 radical (unpaired) electrons. The summed E-state index contributed by atoms with van der Waals surface area (Å²) in [4.78, 5) is 29.3. The van der Waals surface area contributed by atoms with Crippen molar-refractivity contribution in [2.24, 2.45) is 5.92 Å². The second-order valence-electron chi connectivity index (χ2n) is 8.96. The van der Waals surface area contributed by atoms with Crippen molar-refractivity contribution >= 4 is 11.9 Å². The summed E-state index contributed by atoms with van der Waals surface area (Å²) in [5.41, 5.74) is 2.26. The third-order valence-corrected chi connectivity index (χ3v) is 6.27. The van der Waals surface area contributed by atoms with E-state index in [1.165, 1.54) is 18.4 Å². The Hall–Kier alpha value is -2.51. The van der Waals surface area contributed by atoms with Gasteiger partial charge in [-0.25, -0.2) is 9.97 Å². The molecule has 0 aliphatic carbocycles. The van der Waals surface area contributed by atoms with Gasteiger partial charge in [0, 0.05) is 57.9 Å². The fourth-order valence-electron chi connectivity index (χ4n) is 4.59. The van der Waals surface area contributed by atoms with E-state index in [1.54, 1.807) is 0 Å². The maximum atomic E-state index is 13.1. The number of anilines is 1. The number of amides is 1. The van der Waals surface area contributed by atoms with E-state index in [1.807, 2.05) is 32.4 Å². The molecule has 2 fully saturated rings. The summed E-state index contributed by atoms with van der Waals surface area (Å²) in [6.07, 6.45) is 4.24. The van der Waals surface area contributed by atoms with Crippen LogP contribution < -0.4 is 10.2 Å². The number of carbonyl (C=O) groups is 1. The first-order valence-corrected chi connectivity index (χ1v) is 11.4. The first kappa shape index (κ1) is 21.7. The largest absolute Gasteiger partial charge is 0.355 e. The van der Waals surface area contributed by atoms with Crippen molar-refractivity contribution in [2.75, 3.05) is 58.3 Å². The lowest BCUT2D eigenvalue weighted by atomic mass is 9.92. The molecule has 4 rings (SSSR count). The van der Waals surface area contributed by atoms with E-state index < -0.39 is 0 Å². The van der Waals surface area contributed by atoms with E-state index in [2.05, 4.69) is 49.3 Å². The van der Waals surface area contributed by atoms with Gasteiger partial charge in [-0.05, 0) is 38.6 Å². The Morgan fingerprint density at radius 2 is 1.90 bits per heavy atom. The van der Waals surface area contributed by atoms with Crippen molar-refractivity contribution in [3.8, 4) is 0 Å². The molecule has 166 valence electrons. The number of hydrogen-bond acceptors (Lipinski definition) is 6. The van der Waals surface area contributed by atoms with Gasteiger partial charge < -0.3 is 15.1 Å². The smallest absolute Gasteiger partial charge is 0.225 e. The normalized spacial score (nSPS) is 21.7. The molecule has 2 aromatic rings. The maximum Gasteiger partial charge on any atom is 0.225 e. The van der Waals surface area contributed by atoms with Crippen LogP contribution in [-0.4, -0.2) is 79.0 Å². The zero-order valence-corrected chi connectivity index (χ0v) is 18.7. The Bertz CT molecular complexity index is 852. The number of likely N-dealkylation sites (N-methyl/N-ethyl adjacent to an activating group) is 1. The Morgan fingerprint density at radius 3 is 2.65 bits per heavy atom. The molecule has 0 bridgehead atoms. The highest BCUT2D eigenvalue weighted by Gasteiger charge is 2.39. The molecule has 1 aromatic carbocycles. The highest BCUT2D eigenvalue weighted by molar-refractivity contribution is 5.80. The molecule has 0 saturated carbocycles. The first-order chi connectivity index (χ1) is 15.1. The molecule has 2 saturated heterocycles. The number of nitrogens with zero attached hydrogens (tertiary/aromatic N) is 5. The van der Waals surface area contributed by atoms with Crippen molar-refractivity contribution in [1.82, 2.24) is 25.1 Å². The van der Waals surface area contributed by atoms with E-state index in [-0.39, 0.29) is 17.7 Å². The minimum Gasteiger partial charge on any atom is -0.355 e. The number of benzene rings is 1. The lowest BCUT2D eigenvalue weighted by Gasteiger charge is -2.20. The van der Waals surface area contributed by atoms with Gasteiger partial charge in [0.25, 0.3) is 0 Å². The molecule has 7 heteroatoms. The second kappa shape index (κ2) is 10.2. The average molecular weight is 423 g/mol. The van der Waals surface area contributed by atoms with Crippen LogP contribution in [0.15, 0.2) is 42.6 Å². The molecule has 0 unspecified atom stereocenters. The van der Waals surface area contributed by atoms with Crippen LogP contribution in [0.25, 0.3) is 0 Å². The summed E-state index contributed by atoms with van der Waals surface area (Å²) in [6, 6.07) is 12.5. The van der Waals surface area contributed by atoms with Gasteiger partial charge in [-0.1, -0.05) is 30.3 Å². The number of aromatic nitrogens is 2. The van der Waals surface area contributed by atoms with Crippen molar-refractivity contribution in [1.29, 1.82) is 0 Å². The molecule has 0 spiro atoms. The lowest BCUT2D eigenvalue weighted by molar-refractivity contribution is -0.125. The Morgan fingerprint density at radius 1 is 1.13 bits per heavy atom. The molecule has 7 nitrogen and oxygen atoms in total. The van der Waals surface area contributed by atoms with Gasteiger partial charge >= 0.3 is 0 Å². The number of nitrogens with one attached hydrogen (secondary N) is 1. The molecule has 2 aliphatic heterocycles. The van der Waals surface area contributed by atoms with Crippen LogP contribution in [0.5, 0.6) is 0 Å². The zero-order chi connectivity index (χ0) is 21.6. The standard InChI is InChI=1S/C24H34N6O/c1-28(2)15-12-25-23(31)21-18-29(16-19-8-4-3-5-9-19)17-20(21)22-10-11-26-24(27-22)30-13-6-7-14-30/h3-5,8-11,20-21H,6-7,12-18H2,1-2H3,(H,25,31)/t20-,21-/m0/s1. The Labute approximate surface area is 185 Å². The van der Waals surface area contributed by atoms with Gasteiger partial charge in [-0.3, -0.25) is 9.69 Å². The van der Waals surface area contributed by atoms with E-state index >= 15 is 0 Å². The van der Waals surface area contributed by atoms with E-state index in [9.17, 15) is 4.79 Å². The second-order valence-corrected chi connectivity index (χ2v) is 8.96. The van der Waals surface area contributed by atoms with Crippen LogP contribution >= 0.6 is 0 Å². The molecular weight excluding hydrogens is 388 g/mol. The summed E-state index contributed by atoms with van der Waals surface area (Å²) >= 11 is 0. The highest BCUT2D eigenvalue weighted by atomic mass is 16.2. The fourth-order valence-corrected chi connectivity index (χ4v) is 4.59. The van der Waals surface area contributed by atoms with Gasteiger partial charge in [-0.15, -0.1) is 0 Å². The summed E-state index contributed by atoms with van der Waals surface area (Å²) in [7, 11) is 4.04. The third-order valence-electron chi connectivity index (χ3n) is 6.27. The number of hydrogen-bond donors (Lipinski definition) is 1. The molecule has 2 atom stereocenters. The van der Waals surface area contributed by atoms with Gasteiger partial charge in [-0.2, -0.15) is 0 Å². The van der Waals surface area contributed by atoms with Crippen LogP contribution in [-0.2, 0) is 11.3 Å². The van der Waals surface area contributed by atoms with Crippen molar-refractivity contribution < 1.29 is 4.79 Å². The fraction of sp³-hybridized carbons (Fsp3) is 0.542. The van der Waals surface area contributed by atoms with Gasteiger partial charge in [0.2, 0.25) is 11.9 Å². The molecule has 1 aromatic heterocycles. The highest BCUT2D eigenvalue weighted by Crippen LogP contribution is 2.33. The predicted octanol–water partition coefficient (Wildman–Crippen LogP) is 1.97. The van der Waals surface area contributed by atoms with Crippen LogP contribution in [0.2, 0.25) is 0 Å². The van der Waals surface area contributed by atoms with Crippen molar-refractivity contribution in [3.63, 3.8) is 0 Å². The molecular formula is C24H34N6O. The monoisotopic (exact) mass is 422 g/mol. The van der Waals surface area contributed by atoms with Crippen LogP contribution in [0, 0.1) is 5.92 Å². The van der Waals surface area contributed by atoms with Gasteiger partial charge in [0.1, 0.15) is 0 Å². The summed E-state index contributed by atoms with van der Waals surface area (Å²) in [5.74, 6) is 0.909. The minimum absolute atomic E-state index is 0.0763. The van der Waals surface area contributed by atoms with Gasteiger partial charge in [0.05, 0.1) is 11.6 Å². The quantitative estimate of drug-likeness (QED) is 0.702. The number of rotatable bonds is 8. The van der Waals surface area contributed by atoms with Crippen LogP contribution in [0.4, 0.5) is 5.95 Å². The molecule has 1 amide bonds. The van der Waals surface area contributed by atoms with Gasteiger partial charge in [0.15, 0.2) is 0 Å². The lowest BCUT2D eigenvalue weighted by Crippen LogP contribution is -2.38. The molecule has 1 N–H and O–H groups in total.